The van der Waals surface area contributed by atoms with E-state index < -0.39 is 44.2 Å². The molecule has 1 saturated carbocycles. The summed E-state index contributed by atoms with van der Waals surface area (Å²) in [5, 5.41) is 2.43. The van der Waals surface area contributed by atoms with E-state index in [2.05, 4.69) is 10.0 Å². The van der Waals surface area contributed by atoms with Crippen LogP contribution in [-0.4, -0.2) is 25.1 Å². The van der Waals surface area contributed by atoms with Crippen LogP contribution < -0.4 is 10.0 Å². The summed E-state index contributed by atoms with van der Waals surface area (Å²) in [7, 11) is -3.49. The molecule has 10 heteroatoms. The average molecular weight is 424 g/mol. The second-order valence-electron chi connectivity index (χ2n) is 7.96. The van der Waals surface area contributed by atoms with Crippen molar-refractivity contribution in [2.24, 2.45) is 5.92 Å². The van der Waals surface area contributed by atoms with Crippen LogP contribution >= 0.6 is 0 Å². The van der Waals surface area contributed by atoms with Crippen molar-refractivity contribution in [3.05, 3.63) is 29.6 Å². The molecule has 0 aromatic heterocycles. The third-order valence-corrected chi connectivity index (χ3v) is 7.02. The lowest BCUT2D eigenvalue weighted by Gasteiger charge is -2.30. The van der Waals surface area contributed by atoms with Crippen LogP contribution in [0.15, 0.2) is 18.2 Å². The van der Waals surface area contributed by atoms with Gasteiger partial charge in [-0.05, 0) is 64.7 Å². The molecule has 1 aliphatic rings. The average Bonchev–Trinajstić information content (AvgIpc) is 2.52. The third-order valence-electron chi connectivity index (χ3n) is 4.77. The number of anilines is 1. The molecule has 0 saturated heterocycles. The molecule has 2 N–H and O–H groups in total. The SMILES string of the molecule is CC(C)(C)S(=O)(=O)NC1CCC(C(=O)Nc2ccc(C(F)(F)F)c(F)c2)CC1. The van der Waals surface area contributed by atoms with Crippen molar-refractivity contribution in [3.63, 3.8) is 0 Å². The first kappa shape index (κ1) is 22.6. The predicted octanol–water partition coefficient (Wildman–Crippen LogP) is 4.06. The molecule has 0 radical (unpaired) electrons. The highest BCUT2D eigenvalue weighted by Crippen LogP contribution is 2.33. The van der Waals surface area contributed by atoms with Gasteiger partial charge in [0.25, 0.3) is 0 Å². The molecule has 158 valence electrons. The van der Waals surface area contributed by atoms with Gasteiger partial charge in [-0.3, -0.25) is 4.79 Å². The maximum absolute atomic E-state index is 13.6. The Balaban J connectivity index is 1.93. The van der Waals surface area contributed by atoms with Crippen molar-refractivity contribution in [2.75, 3.05) is 5.32 Å². The summed E-state index contributed by atoms with van der Waals surface area (Å²) in [4.78, 5) is 12.3. The molecule has 0 unspecified atom stereocenters. The quantitative estimate of drug-likeness (QED) is 0.716. The Morgan fingerprint density at radius 2 is 1.64 bits per heavy atom. The summed E-state index contributed by atoms with van der Waals surface area (Å²) in [6.45, 7) is 4.78. The maximum atomic E-state index is 13.6. The van der Waals surface area contributed by atoms with Gasteiger partial charge in [0.15, 0.2) is 0 Å². The Hall–Kier alpha value is -1.68. The maximum Gasteiger partial charge on any atom is 0.419 e. The van der Waals surface area contributed by atoms with E-state index in [-0.39, 0.29) is 11.7 Å². The Morgan fingerprint density at radius 3 is 2.11 bits per heavy atom. The van der Waals surface area contributed by atoms with Crippen LogP contribution in [0.3, 0.4) is 0 Å². The number of halogens is 4. The highest BCUT2D eigenvalue weighted by Gasteiger charge is 2.35. The van der Waals surface area contributed by atoms with Gasteiger partial charge in [0.05, 0.1) is 10.3 Å². The lowest BCUT2D eigenvalue weighted by molar-refractivity contribution is -0.140. The Morgan fingerprint density at radius 1 is 1.07 bits per heavy atom. The van der Waals surface area contributed by atoms with Crippen LogP contribution in [-0.2, 0) is 21.0 Å². The normalized spacial score (nSPS) is 21.4. The molecule has 0 bridgehead atoms. The van der Waals surface area contributed by atoms with Crippen LogP contribution in [0.1, 0.15) is 52.0 Å². The van der Waals surface area contributed by atoms with Crippen LogP contribution in [0.4, 0.5) is 23.2 Å². The molecule has 28 heavy (non-hydrogen) atoms. The molecule has 1 aromatic carbocycles. The minimum atomic E-state index is -4.80. The zero-order valence-corrected chi connectivity index (χ0v) is 16.7. The van der Waals surface area contributed by atoms with Gasteiger partial charge < -0.3 is 5.32 Å². The second kappa shape index (κ2) is 7.98. The monoisotopic (exact) mass is 424 g/mol. The number of carbonyl (C=O) groups is 1. The number of hydrogen-bond donors (Lipinski definition) is 2. The predicted molar refractivity (Wildman–Crippen MR) is 97.6 cm³/mol. The van der Waals surface area contributed by atoms with Gasteiger partial charge in [-0.1, -0.05) is 0 Å². The summed E-state index contributed by atoms with van der Waals surface area (Å²) >= 11 is 0. The summed E-state index contributed by atoms with van der Waals surface area (Å²) in [5.74, 6) is -2.29. The highest BCUT2D eigenvalue weighted by atomic mass is 32.2. The van der Waals surface area contributed by atoms with Crippen molar-refractivity contribution < 1.29 is 30.8 Å². The van der Waals surface area contributed by atoms with Gasteiger partial charge >= 0.3 is 6.18 Å². The highest BCUT2D eigenvalue weighted by molar-refractivity contribution is 7.90. The van der Waals surface area contributed by atoms with Crippen molar-refractivity contribution in [2.45, 2.75) is 63.4 Å². The van der Waals surface area contributed by atoms with E-state index in [9.17, 15) is 30.8 Å². The minimum Gasteiger partial charge on any atom is -0.326 e. The van der Waals surface area contributed by atoms with Crippen LogP contribution in [0.25, 0.3) is 0 Å². The minimum absolute atomic E-state index is 0.0499. The molecule has 0 heterocycles. The molecule has 1 amide bonds. The molecular weight excluding hydrogens is 400 g/mol. The number of benzene rings is 1. The van der Waals surface area contributed by atoms with Crippen molar-refractivity contribution in [3.8, 4) is 0 Å². The molecule has 5 nitrogen and oxygen atoms in total. The van der Waals surface area contributed by atoms with E-state index in [1.165, 1.54) is 0 Å². The number of alkyl halides is 3. The first-order valence-corrected chi connectivity index (χ1v) is 10.4. The van der Waals surface area contributed by atoms with E-state index in [1.807, 2.05) is 0 Å². The summed E-state index contributed by atoms with van der Waals surface area (Å²) in [6, 6.07) is 1.97. The first-order chi connectivity index (χ1) is 12.7. The van der Waals surface area contributed by atoms with Crippen molar-refractivity contribution in [1.29, 1.82) is 0 Å². The second-order valence-corrected chi connectivity index (χ2v) is 10.4. The van der Waals surface area contributed by atoms with Gasteiger partial charge in [-0.25, -0.2) is 17.5 Å². The molecule has 1 fully saturated rings. The Labute approximate surface area is 161 Å². The lowest BCUT2D eigenvalue weighted by atomic mass is 9.86. The number of carbonyl (C=O) groups excluding carboxylic acids is 1. The number of nitrogens with one attached hydrogen (secondary N) is 2. The fraction of sp³-hybridized carbons (Fsp3) is 0.611. The third kappa shape index (κ3) is 5.44. The van der Waals surface area contributed by atoms with Gasteiger partial charge in [-0.15, -0.1) is 0 Å². The van der Waals surface area contributed by atoms with E-state index in [0.717, 1.165) is 6.07 Å². The van der Waals surface area contributed by atoms with Crippen LogP contribution in [0.5, 0.6) is 0 Å². The zero-order chi connectivity index (χ0) is 21.3. The Kier molecular flexibility index (Phi) is 6.44. The summed E-state index contributed by atoms with van der Waals surface area (Å²) in [5.41, 5.74) is -1.44. The Bertz CT molecular complexity index is 824. The van der Waals surface area contributed by atoms with E-state index in [1.54, 1.807) is 20.8 Å². The van der Waals surface area contributed by atoms with Gasteiger partial charge in [-0.2, -0.15) is 13.2 Å². The van der Waals surface area contributed by atoms with E-state index >= 15 is 0 Å². The number of sulfonamides is 1. The van der Waals surface area contributed by atoms with Gasteiger partial charge in [0, 0.05) is 17.6 Å². The molecule has 1 aromatic rings. The molecule has 0 atom stereocenters. The van der Waals surface area contributed by atoms with Crippen LogP contribution in [0.2, 0.25) is 0 Å². The zero-order valence-electron chi connectivity index (χ0n) is 15.9. The fourth-order valence-electron chi connectivity index (χ4n) is 2.94. The summed E-state index contributed by atoms with van der Waals surface area (Å²) in [6.07, 6.45) is -3.02. The van der Waals surface area contributed by atoms with Crippen molar-refractivity contribution in [1.82, 2.24) is 4.72 Å². The van der Waals surface area contributed by atoms with Crippen LogP contribution in [0, 0.1) is 11.7 Å². The smallest absolute Gasteiger partial charge is 0.326 e. The lowest BCUT2D eigenvalue weighted by Crippen LogP contribution is -2.46. The molecule has 1 aliphatic carbocycles. The van der Waals surface area contributed by atoms with Gasteiger partial charge in [0.2, 0.25) is 15.9 Å². The fourth-order valence-corrected chi connectivity index (χ4v) is 3.96. The molecular formula is C18H24F4N2O3S. The van der Waals surface area contributed by atoms with E-state index in [4.69, 9.17) is 0 Å². The standard InChI is InChI=1S/C18H24F4N2O3S/c1-17(2,3)28(26,27)24-12-6-4-11(5-7-12)16(25)23-13-8-9-14(15(19)10-13)18(20,21)22/h8-12,24H,4-7H2,1-3H3,(H,23,25). The summed E-state index contributed by atoms with van der Waals surface area (Å²) < 4.78 is 77.5. The molecule has 0 spiro atoms. The first-order valence-electron chi connectivity index (χ1n) is 8.90. The van der Waals surface area contributed by atoms with Gasteiger partial charge in [0.1, 0.15) is 5.82 Å². The number of rotatable bonds is 4. The van der Waals surface area contributed by atoms with Crippen molar-refractivity contribution >= 4 is 21.6 Å². The number of hydrogen-bond acceptors (Lipinski definition) is 3. The topological polar surface area (TPSA) is 75.3 Å². The number of amides is 1. The molecule has 0 aliphatic heterocycles. The largest absolute Gasteiger partial charge is 0.419 e. The molecule has 2 rings (SSSR count). The van der Waals surface area contributed by atoms with E-state index in [0.29, 0.717) is 37.8 Å².